The van der Waals surface area contributed by atoms with Crippen LogP contribution in [0.1, 0.15) is 33.3 Å². The lowest BCUT2D eigenvalue weighted by molar-refractivity contribution is -0.265. The number of carbonyl (C=O) groups is 5. The van der Waals surface area contributed by atoms with Crippen LogP contribution in [0.2, 0.25) is 0 Å². The summed E-state index contributed by atoms with van der Waals surface area (Å²) in [6.45, 7) is 4.07. The fourth-order valence-corrected chi connectivity index (χ4v) is 6.84. The Kier molecular flexibility index (Phi) is 11.3. The quantitative estimate of drug-likeness (QED) is 0.121. The number of ether oxygens (including phenoxy) is 5. The minimum Gasteiger partial charge on any atom is -0.463 e. The number of hydrogen-bond acceptors (Lipinski definition) is 13. The van der Waals surface area contributed by atoms with Crippen molar-refractivity contribution in [1.29, 1.82) is 0 Å². The maximum Gasteiger partial charge on any atom is 0.303 e. The number of thiocarbonyl (C=S) groups is 1. The van der Waals surface area contributed by atoms with Crippen LogP contribution in [0.15, 0.2) is 70.2 Å². The standard InChI is InChI=1S/C33H30BrN3O10S2/c1-17(38)43-16-25-28(44-18(2)39)29(45-19(3)40)30(46-20(4)41)31(47-25)37-32(48)26(49-33(37)42)14-22-15-36(24-8-6-5-7-9-24)35-27(22)21-10-12-23(34)13-11-21/h5-15,25,28-31H,16H2,1-4H3/b26-14-/t25-,28-,29+,30-,31-/m1/s1. The van der Waals surface area contributed by atoms with Crippen molar-refractivity contribution in [2.75, 3.05) is 6.61 Å². The van der Waals surface area contributed by atoms with Crippen molar-refractivity contribution < 1.29 is 47.7 Å². The molecule has 0 unspecified atom stereocenters. The van der Waals surface area contributed by atoms with Crippen LogP contribution in [-0.2, 0) is 42.9 Å². The van der Waals surface area contributed by atoms with Crippen molar-refractivity contribution in [2.45, 2.75) is 58.3 Å². The molecular weight excluding hydrogens is 742 g/mol. The number of carbonyl (C=O) groups excluding carboxylic acids is 5. The van der Waals surface area contributed by atoms with Crippen LogP contribution in [0.25, 0.3) is 23.0 Å². The van der Waals surface area contributed by atoms with E-state index < -0.39 is 66.4 Å². The Hall–Kier alpha value is -4.38. The summed E-state index contributed by atoms with van der Waals surface area (Å²) in [4.78, 5) is 63.7. The first-order valence-corrected chi connectivity index (χ1v) is 16.8. The lowest BCUT2D eigenvalue weighted by atomic mass is 9.96. The van der Waals surface area contributed by atoms with Crippen molar-refractivity contribution in [1.82, 2.24) is 14.7 Å². The van der Waals surface area contributed by atoms with Crippen LogP contribution in [0.3, 0.4) is 0 Å². The van der Waals surface area contributed by atoms with Crippen LogP contribution >= 0.6 is 39.9 Å². The van der Waals surface area contributed by atoms with Gasteiger partial charge >= 0.3 is 23.9 Å². The summed E-state index contributed by atoms with van der Waals surface area (Å²) in [6.07, 6.45) is -3.54. The molecule has 3 heterocycles. The Labute approximate surface area is 299 Å². The van der Waals surface area contributed by atoms with E-state index in [1.165, 1.54) is 6.92 Å². The number of amides is 1. The van der Waals surface area contributed by atoms with E-state index in [1.54, 1.807) is 10.8 Å². The van der Waals surface area contributed by atoms with Crippen molar-refractivity contribution in [3.05, 3.63) is 75.7 Å². The third kappa shape index (κ3) is 8.44. The minimum absolute atomic E-state index is 0.0186. The molecule has 1 amide bonds. The number of hydrogen-bond donors (Lipinski definition) is 0. The summed E-state index contributed by atoms with van der Waals surface area (Å²) in [5, 5.41) is 4.24. The Morgan fingerprint density at radius 1 is 0.898 bits per heavy atom. The number of thioether (sulfide) groups is 1. The molecule has 2 aliphatic heterocycles. The molecule has 1 aromatic heterocycles. The van der Waals surface area contributed by atoms with E-state index >= 15 is 0 Å². The molecule has 2 saturated heterocycles. The highest BCUT2D eigenvalue weighted by molar-refractivity contribution is 9.10. The number of aromatic nitrogens is 2. The zero-order valence-corrected chi connectivity index (χ0v) is 29.8. The second-order valence-electron chi connectivity index (χ2n) is 10.9. The Bertz CT molecular complexity index is 1810. The lowest BCUT2D eigenvalue weighted by Crippen LogP contribution is -2.66. The van der Waals surface area contributed by atoms with Gasteiger partial charge < -0.3 is 23.7 Å². The highest BCUT2D eigenvalue weighted by Gasteiger charge is 2.56. The number of nitrogens with zero attached hydrogens (tertiary/aromatic N) is 3. The Balaban J connectivity index is 1.56. The van der Waals surface area contributed by atoms with E-state index in [1.807, 2.05) is 60.8 Å². The fourth-order valence-electron chi connectivity index (χ4n) is 5.29. The Morgan fingerprint density at radius 3 is 2.12 bits per heavy atom. The van der Waals surface area contributed by atoms with E-state index in [4.69, 9.17) is 41.0 Å². The number of para-hydroxylation sites is 1. The van der Waals surface area contributed by atoms with Crippen LogP contribution in [0.4, 0.5) is 4.79 Å². The summed E-state index contributed by atoms with van der Waals surface area (Å²) in [6, 6.07) is 17.1. The molecule has 16 heteroatoms. The minimum atomic E-state index is -1.50. The summed E-state index contributed by atoms with van der Waals surface area (Å²) in [5.41, 5.74) is 2.88. The van der Waals surface area contributed by atoms with Gasteiger partial charge in [-0.1, -0.05) is 58.5 Å². The second-order valence-corrected chi connectivity index (χ2v) is 13.2. The summed E-state index contributed by atoms with van der Waals surface area (Å²) in [7, 11) is 0. The molecule has 256 valence electrons. The van der Waals surface area contributed by atoms with Gasteiger partial charge in [-0.05, 0) is 42.1 Å². The predicted molar refractivity (Wildman–Crippen MR) is 184 cm³/mol. The van der Waals surface area contributed by atoms with Crippen molar-refractivity contribution in [3.8, 4) is 16.9 Å². The van der Waals surface area contributed by atoms with Crippen LogP contribution < -0.4 is 0 Å². The second kappa shape index (κ2) is 15.4. The van der Waals surface area contributed by atoms with Gasteiger partial charge in [0.15, 0.2) is 24.5 Å². The zero-order valence-electron chi connectivity index (χ0n) is 26.6. The first kappa shape index (κ1) is 35.9. The molecule has 0 bridgehead atoms. The normalized spacial score (nSPS) is 22.9. The molecular formula is C33H30BrN3O10S2. The molecule has 5 atom stereocenters. The van der Waals surface area contributed by atoms with E-state index in [0.29, 0.717) is 16.2 Å². The summed E-state index contributed by atoms with van der Waals surface area (Å²) in [5.74, 6) is -3.04. The monoisotopic (exact) mass is 771 g/mol. The molecule has 3 aromatic rings. The molecule has 13 nitrogen and oxygen atoms in total. The molecule has 2 fully saturated rings. The van der Waals surface area contributed by atoms with Crippen molar-refractivity contribution in [2.24, 2.45) is 0 Å². The SMILES string of the molecule is CC(=O)OC[C@H]1O[C@@H](N2C(=O)S/C(=C\c3cn(-c4ccccc4)nc3-c3ccc(Br)cc3)C2=S)[C@H](OC(C)=O)[C@@H](OC(C)=O)[C@@H]1OC(C)=O. The van der Waals surface area contributed by atoms with Gasteiger partial charge in [-0.15, -0.1) is 0 Å². The molecule has 0 radical (unpaired) electrons. The molecule has 0 saturated carbocycles. The maximum absolute atomic E-state index is 13.7. The van der Waals surface area contributed by atoms with Gasteiger partial charge in [-0.2, -0.15) is 5.10 Å². The summed E-state index contributed by atoms with van der Waals surface area (Å²) >= 11 is 10.1. The highest BCUT2D eigenvalue weighted by atomic mass is 79.9. The smallest absolute Gasteiger partial charge is 0.303 e. The van der Waals surface area contributed by atoms with Gasteiger partial charge in [-0.25, -0.2) is 4.68 Å². The zero-order chi connectivity index (χ0) is 35.4. The van der Waals surface area contributed by atoms with Gasteiger partial charge in [0.1, 0.15) is 17.7 Å². The topological polar surface area (TPSA) is 153 Å². The Morgan fingerprint density at radius 2 is 1.51 bits per heavy atom. The average molecular weight is 773 g/mol. The number of halogens is 1. The van der Waals surface area contributed by atoms with Gasteiger partial charge in [0.2, 0.25) is 0 Å². The summed E-state index contributed by atoms with van der Waals surface area (Å²) < 4.78 is 30.5. The predicted octanol–water partition coefficient (Wildman–Crippen LogP) is 5.22. The molecule has 5 rings (SSSR count). The maximum atomic E-state index is 13.7. The van der Waals surface area contributed by atoms with Gasteiger partial charge in [0.05, 0.1) is 16.3 Å². The first-order chi connectivity index (χ1) is 23.3. The van der Waals surface area contributed by atoms with E-state index in [0.717, 1.165) is 53.2 Å². The molecule has 0 aliphatic carbocycles. The van der Waals surface area contributed by atoms with Gasteiger partial charge in [0.25, 0.3) is 5.24 Å². The molecule has 2 aromatic carbocycles. The van der Waals surface area contributed by atoms with Crippen molar-refractivity contribution in [3.63, 3.8) is 0 Å². The van der Waals surface area contributed by atoms with Crippen LogP contribution in [-0.4, -0.2) is 86.0 Å². The van der Waals surface area contributed by atoms with Crippen LogP contribution in [0, 0.1) is 0 Å². The van der Waals surface area contributed by atoms with E-state index in [2.05, 4.69) is 15.9 Å². The number of rotatable bonds is 9. The first-order valence-electron chi connectivity index (χ1n) is 14.8. The lowest BCUT2D eigenvalue weighted by Gasteiger charge is -2.46. The highest BCUT2D eigenvalue weighted by Crippen LogP contribution is 2.41. The number of benzene rings is 2. The van der Waals surface area contributed by atoms with Crippen molar-refractivity contribution >= 4 is 80.1 Å². The fraction of sp³-hybridized carbons (Fsp3) is 0.303. The van der Waals surface area contributed by atoms with Gasteiger partial charge in [0, 0.05) is 49.5 Å². The molecule has 0 N–H and O–H groups in total. The molecule has 0 spiro atoms. The molecule has 49 heavy (non-hydrogen) atoms. The van der Waals surface area contributed by atoms with E-state index in [-0.39, 0.29) is 4.99 Å². The number of esters is 4. The molecule has 2 aliphatic rings. The van der Waals surface area contributed by atoms with Crippen LogP contribution in [0.5, 0.6) is 0 Å². The average Bonchev–Trinajstić information content (AvgIpc) is 3.58. The van der Waals surface area contributed by atoms with E-state index in [9.17, 15) is 24.0 Å². The third-order valence-corrected chi connectivity index (χ3v) is 9.19. The van der Waals surface area contributed by atoms with Gasteiger partial charge in [-0.3, -0.25) is 28.9 Å². The largest absolute Gasteiger partial charge is 0.463 e. The third-order valence-electron chi connectivity index (χ3n) is 7.21.